The van der Waals surface area contributed by atoms with E-state index in [9.17, 15) is 9.18 Å². The summed E-state index contributed by atoms with van der Waals surface area (Å²) >= 11 is 0. The van der Waals surface area contributed by atoms with Crippen molar-refractivity contribution < 1.29 is 18.3 Å². The number of morpholine rings is 1. The molecular formula is C21H29FN4O3. The standard InChI is InChI=1S/C21H29FN4O3/c1-16(2)26(13-17-5-3-4-6-18(17)22)14-20-24-19(15-29-20)21(27)23-7-8-25-9-11-28-12-10-25/h3-6,15-16H,7-14H2,1-2H3,(H,23,27). The van der Waals surface area contributed by atoms with E-state index in [-0.39, 0.29) is 23.5 Å². The monoisotopic (exact) mass is 404 g/mol. The minimum atomic E-state index is -0.251. The Morgan fingerprint density at radius 1 is 1.28 bits per heavy atom. The first kappa shape index (κ1) is 21.4. The molecule has 1 amide bonds. The second kappa shape index (κ2) is 10.5. The summed E-state index contributed by atoms with van der Waals surface area (Å²) in [4.78, 5) is 20.9. The Balaban J connectivity index is 1.52. The molecule has 29 heavy (non-hydrogen) atoms. The molecule has 2 aromatic rings. The van der Waals surface area contributed by atoms with Crippen LogP contribution in [-0.4, -0.2) is 66.1 Å². The number of carbonyl (C=O) groups is 1. The largest absolute Gasteiger partial charge is 0.447 e. The third-order valence-corrected chi connectivity index (χ3v) is 5.00. The highest BCUT2D eigenvalue weighted by Gasteiger charge is 2.18. The maximum atomic E-state index is 14.0. The predicted molar refractivity (Wildman–Crippen MR) is 107 cm³/mol. The predicted octanol–water partition coefficient (Wildman–Crippen LogP) is 2.29. The van der Waals surface area contributed by atoms with Gasteiger partial charge in [-0.2, -0.15) is 0 Å². The normalized spacial score (nSPS) is 15.2. The molecule has 158 valence electrons. The molecule has 2 heterocycles. The maximum absolute atomic E-state index is 14.0. The van der Waals surface area contributed by atoms with Crippen LogP contribution in [0.1, 0.15) is 35.8 Å². The number of benzene rings is 1. The SMILES string of the molecule is CC(C)N(Cc1nc(C(=O)NCCN2CCOCC2)co1)Cc1ccccc1F. The van der Waals surface area contributed by atoms with Gasteiger partial charge in [0.25, 0.3) is 5.91 Å². The van der Waals surface area contributed by atoms with Gasteiger partial charge >= 0.3 is 0 Å². The molecule has 0 unspecified atom stereocenters. The summed E-state index contributed by atoms with van der Waals surface area (Å²) in [7, 11) is 0. The van der Waals surface area contributed by atoms with Gasteiger partial charge in [0.2, 0.25) is 5.89 Å². The third kappa shape index (κ3) is 6.35. The molecule has 1 aliphatic heterocycles. The molecule has 7 nitrogen and oxygen atoms in total. The van der Waals surface area contributed by atoms with Crippen LogP contribution in [0.3, 0.4) is 0 Å². The Morgan fingerprint density at radius 3 is 2.76 bits per heavy atom. The number of amides is 1. The van der Waals surface area contributed by atoms with Crippen LogP contribution in [-0.2, 0) is 17.8 Å². The van der Waals surface area contributed by atoms with Crippen molar-refractivity contribution in [2.45, 2.75) is 33.0 Å². The molecule has 0 atom stereocenters. The molecule has 8 heteroatoms. The molecule has 1 aromatic carbocycles. The number of oxazole rings is 1. The number of ether oxygens (including phenoxy) is 1. The van der Waals surface area contributed by atoms with Gasteiger partial charge in [-0.15, -0.1) is 0 Å². The van der Waals surface area contributed by atoms with Gasteiger partial charge in [0.15, 0.2) is 5.69 Å². The highest BCUT2D eigenvalue weighted by atomic mass is 19.1. The number of hydrogen-bond acceptors (Lipinski definition) is 6. The van der Waals surface area contributed by atoms with Crippen LogP contribution in [0, 0.1) is 5.82 Å². The highest BCUT2D eigenvalue weighted by Crippen LogP contribution is 2.15. The van der Waals surface area contributed by atoms with E-state index in [0.717, 1.165) is 32.8 Å². The van der Waals surface area contributed by atoms with Gasteiger partial charge in [0.05, 0.1) is 19.8 Å². The van der Waals surface area contributed by atoms with Gasteiger partial charge in [0, 0.05) is 44.3 Å². The Morgan fingerprint density at radius 2 is 2.03 bits per heavy atom. The zero-order valence-electron chi connectivity index (χ0n) is 17.1. The molecule has 1 fully saturated rings. The van der Waals surface area contributed by atoms with Crippen LogP contribution in [0.5, 0.6) is 0 Å². The average Bonchev–Trinajstić information content (AvgIpc) is 3.18. The van der Waals surface area contributed by atoms with E-state index in [2.05, 4.69) is 15.2 Å². The lowest BCUT2D eigenvalue weighted by Crippen LogP contribution is -2.41. The van der Waals surface area contributed by atoms with Crippen LogP contribution in [0.2, 0.25) is 0 Å². The zero-order valence-corrected chi connectivity index (χ0v) is 17.1. The topological polar surface area (TPSA) is 70.8 Å². The quantitative estimate of drug-likeness (QED) is 0.692. The van der Waals surface area contributed by atoms with E-state index >= 15 is 0 Å². The third-order valence-electron chi connectivity index (χ3n) is 5.00. The van der Waals surface area contributed by atoms with Crippen molar-refractivity contribution in [1.29, 1.82) is 0 Å². The van der Waals surface area contributed by atoms with Crippen LogP contribution in [0.25, 0.3) is 0 Å². The van der Waals surface area contributed by atoms with Crippen molar-refractivity contribution >= 4 is 5.91 Å². The van der Waals surface area contributed by atoms with E-state index in [1.165, 1.54) is 12.3 Å². The molecule has 0 radical (unpaired) electrons. The van der Waals surface area contributed by atoms with Crippen LogP contribution < -0.4 is 5.32 Å². The van der Waals surface area contributed by atoms with Gasteiger partial charge in [0.1, 0.15) is 12.1 Å². The fourth-order valence-electron chi connectivity index (χ4n) is 3.17. The molecule has 0 bridgehead atoms. The molecule has 1 aromatic heterocycles. The van der Waals surface area contributed by atoms with Crippen LogP contribution in [0.15, 0.2) is 34.9 Å². The maximum Gasteiger partial charge on any atom is 0.273 e. The molecule has 3 rings (SSSR count). The second-order valence-corrected chi connectivity index (χ2v) is 7.43. The lowest BCUT2D eigenvalue weighted by Gasteiger charge is -2.26. The number of hydrogen-bond donors (Lipinski definition) is 1. The highest BCUT2D eigenvalue weighted by molar-refractivity contribution is 5.91. The summed E-state index contributed by atoms with van der Waals surface area (Å²) in [6.45, 7) is 9.47. The fraction of sp³-hybridized carbons (Fsp3) is 0.524. The Kier molecular flexibility index (Phi) is 7.74. The summed E-state index contributed by atoms with van der Waals surface area (Å²) < 4.78 is 24.8. The van der Waals surface area contributed by atoms with Crippen LogP contribution >= 0.6 is 0 Å². The summed E-state index contributed by atoms with van der Waals surface area (Å²) in [6, 6.07) is 6.89. The molecule has 1 N–H and O–H groups in total. The van der Waals surface area contributed by atoms with Crippen molar-refractivity contribution in [3.8, 4) is 0 Å². The van der Waals surface area contributed by atoms with E-state index < -0.39 is 0 Å². The number of nitrogens with zero attached hydrogens (tertiary/aromatic N) is 3. The van der Waals surface area contributed by atoms with Gasteiger partial charge in [-0.05, 0) is 19.9 Å². The first-order valence-corrected chi connectivity index (χ1v) is 10.0. The number of halogens is 1. The van der Waals surface area contributed by atoms with Crippen molar-refractivity contribution in [1.82, 2.24) is 20.1 Å². The molecule has 0 aliphatic carbocycles. The molecule has 0 spiro atoms. The molecular weight excluding hydrogens is 375 g/mol. The summed E-state index contributed by atoms with van der Waals surface area (Å²) in [5.41, 5.74) is 0.880. The van der Waals surface area contributed by atoms with Crippen molar-refractivity contribution in [2.24, 2.45) is 0 Å². The minimum Gasteiger partial charge on any atom is -0.447 e. The van der Waals surface area contributed by atoms with Gasteiger partial charge in [-0.25, -0.2) is 9.37 Å². The summed E-state index contributed by atoms with van der Waals surface area (Å²) in [6.07, 6.45) is 1.38. The van der Waals surface area contributed by atoms with E-state index in [4.69, 9.17) is 9.15 Å². The molecule has 1 saturated heterocycles. The van der Waals surface area contributed by atoms with E-state index in [0.29, 0.717) is 31.1 Å². The Labute approximate surface area is 170 Å². The van der Waals surface area contributed by atoms with Crippen LogP contribution in [0.4, 0.5) is 4.39 Å². The molecule has 0 saturated carbocycles. The van der Waals surface area contributed by atoms with E-state index in [1.807, 2.05) is 24.8 Å². The lowest BCUT2D eigenvalue weighted by atomic mass is 10.1. The van der Waals surface area contributed by atoms with Gasteiger partial charge < -0.3 is 14.5 Å². The summed E-state index contributed by atoms with van der Waals surface area (Å²) in [5, 5.41) is 2.88. The number of rotatable bonds is 9. The zero-order chi connectivity index (χ0) is 20.6. The Hall–Kier alpha value is -2.29. The average molecular weight is 404 g/mol. The van der Waals surface area contributed by atoms with Crippen molar-refractivity contribution in [3.63, 3.8) is 0 Å². The van der Waals surface area contributed by atoms with Gasteiger partial charge in [-0.3, -0.25) is 14.6 Å². The fourth-order valence-corrected chi connectivity index (χ4v) is 3.17. The molecule has 1 aliphatic rings. The number of nitrogens with one attached hydrogen (secondary N) is 1. The first-order valence-electron chi connectivity index (χ1n) is 10.0. The minimum absolute atomic E-state index is 0.160. The van der Waals surface area contributed by atoms with Gasteiger partial charge in [-0.1, -0.05) is 18.2 Å². The second-order valence-electron chi connectivity index (χ2n) is 7.43. The van der Waals surface area contributed by atoms with Crippen molar-refractivity contribution in [3.05, 3.63) is 53.5 Å². The Bertz CT molecular complexity index is 790. The summed E-state index contributed by atoms with van der Waals surface area (Å²) in [5.74, 6) is -0.0438. The number of aromatic nitrogens is 1. The number of carbonyl (C=O) groups excluding carboxylic acids is 1. The smallest absolute Gasteiger partial charge is 0.273 e. The lowest BCUT2D eigenvalue weighted by molar-refractivity contribution is 0.0383. The van der Waals surface area contributed by atoms with Crippen molar-refractivity contribution in [2.75, 3.05) is 39.4 Å². The first-order chi connectivity index (χ1) is 14.0. The van der Waals surface area contributed by atoms with E-state index in [1.54, 1.807) is 12.1 Å².